The van der Waals surface area contributed by atoms with E-state index in [4.69, 9.17) is 20.7 Å². The molecule has 0 amide bonds. The maximum atomic E-state index is 5.79. The third kappa shape index (κ3) is 3.52. The maximum Gasteiger partial charge on any atom is 0.258 e. The molecule has 6 heteroatoms. The summed E-state index contributed by atoms with van der Waals surface area (Å²) in [7, 11) is 0. The number of nitrogens with zero attached hydrogens (tertiary/aromatic N) is 2. The Morgan fingerprint density at radius 3 is 2.33 bits per heavy atom. The summed E-state index contributed by atoms with van der Waals surface area (Å²) < 4.78 is 11.1. The van der Waals surface area contributed by atoms with Crippen LogP contribution < -0.4 is 11.5 Å². The molecule has 1 atom stereocenters. The van der Waals surface area contributed by atoms with Crippen LogP contribution in [0.2, 0.25) is 0 Å². The molecule has 0 spiro atoms. The molecule has 0 aliphatic carbocycles. The summed E-state index contributed by atoms with van der Waals surface area (Å²) in [6.07, 6.45) is -0.238. The van der Waals surface area contributed by atoms with E-state index in [0.717, 1.165) is 0 Å². The largest absolute Gasteiger partial charge is 0.399 e. The number of aromatic nitrogens is 2. The van der Waals surface area contributed by atoms with Gasteiger partial charge in [0.2, 0.25) is 5.82 Å². The summed E-state index contributed by atoms with van der Waals surface area (Å²) in [6.45, 7) is 8.74. The summed E-state index contributed by atoms with van der Waals surface area (Å²) >= 11 is 0. The fraction of sp³-hybridized carbons (Fsp3) is 0.467. The Morgan fingerprint density at radius 2 is 1.81 bits per heavy atom. The van der Waals surface area contributed by atoms with E-state index in [0.29, 0.717) is 35.3 Å². The third-order valence-corrected chi connectivity index (χ3v) is 3.02. The van der Waals surface area contributed by atoms with Crippen LogP contribution in [0.4, 0.5) is 11.4 Å². The van der Waals surface area contributed by atoms with Crippen molar-refractivity contribution in [1.82, 2.24) is 10.1 Å². The van der Waals surface area contributed by atoms with Crippen LogP contribution in [0.3, 0.4) is 0 Å². The second kappa shape index (κ2) is 5.73. The average molecular weight is 290 g/mol. The van der Waals surface area contributed by atoms with Gasteiger partial charge < -0.3 is 20.7 Å². The summed E-state index contributed by atoms with van der Waals surface area (Å²) in [4.78, 5) is 4.43. The molecular formula is C15H22N4O2. The zero-order valence-corrected chi connectivity index (χ0v) is 12.9. The molecule has 0 saturated heterocycles. The molecule has 4 N–H and O–H groups in total. The highest BCUT2D eigenvalue weighted by molar-refractivity contribution is 5.67. The standard InChI is InChI=1S/C15H22N4O2/c1-5-20-12(15(2,3)4)13-18-14(21-19-13)9-6-10(16)8-11(17)7-9/h6-8,12H,5,16-17H2,1-4H3. The lowest BCUT2D eigenvalue weighted by Crippen LogP contribution is -2.22. The third-order valence-electron chi connectivity index (χ3n) is 3.02. The van der Waals surface area contributed by atoms with Gasteiger partial charge in [0.1, 0.15) is 6.10 Å². The maximum absolute atomic E-state index is 5.79. The van der Waals surface area contributed by atoms with Gasteiger partial charge in [-0.2, -0.15) is 4.98 Å². The number of nitrogens with two attached hydrogens (primary N) is 2. The van der Waals surface area contributed by atoms with E-state index in [1.165, 1.54) is 0 Å². The van der Waals surface area contributed by atoms with E-state index < -0.39 is 0 Å². The number of ether oxygens (including phenoxy) is 1. The molecule has 21 heavy (non-hydrogen) atoms. The molecule has 2 rings (SSSR count). The van der Waals surface area contributed by atoms with Gasteiger partial charge in [-0.05, 0) is 30.5 Å². The first-order chi connectivity index (χ1) is 9.81. The summed E-state index contributed by atoms with van der Waals surface area (Å²) in [6, 6.07) is 5.18. The lowest BCUT2D eigenvalue weighted by Gasteiger charge is -2.27. The number of rotatable bonds is 4. The van der Waals surface area contributed by atoms with Gasteiger partial charge >= 0.3 is 0 Å². The number of hydrogen-bond donors (Lipinski definition) is 2. The summed E-state index contributed by atoms with van der Waals surface area (Å²) in [5.41, 5.74) is 13.3. The molecule has 1 aromatic heterocycles. The van der Waals surface area contributed by atoms with Crippen molar-refractivity contribution in [3.05, 3.63) is 24.0 Å². The Kier molecular flexibility index (Phi) is 4.18. The van der Waals surface area contributed by atoms with Gasteiger partial charge in [0, 0.05) is 23.5 Å². The number of hydrogen-bond acceptors (Lipinski definition) is 6. The Morgan fingerprint density at radius 1 is 1.19 bits per heavy atom. The first kappa shape index (κ1) is 15.3. The fourth-order valence-corrected chi connectivity index (χ4v) is 2.14. The van der Waals surface area contributed by atoms with Gasteiger partial charge in [-0.15, -0.1) is 0 Å². The van der Waals surface area contributed by atoms with Gasteiger partial charge in [-0.3, -0.25) is 0 Å². The van der Waals surface area contributed by atoms with Gasteiger partial charge in [0.15, 0.2) is 0 Å². The highest BCUT2D eigenvalue weighted by Gasteiger charge is 2.31. The van der Waals surface area contributed by atoms with Crippen LogP contribution in [0, 0.1) is 5.41 Å². The van der Waals surface area contributed by atoms with Gasteiger partial charge in [0.25, 0.3) is 5.89 Å². The van der Waals surface area contributed by atoms with E-state index in [-0.39, 0.29) is 11.5 Å². The predicted molar refractivity (Wildman–Crippen MR) is 82.4 cm³/mol. The molecule has 1 aromatic carbocycles. The monoisotopic (exact) mass is 290 g/mol. The SMILES string of the molecule is CCOC(c1noc(-c2cc(N)cc(N)c2)n1)C(C)(C)C. The minimum atomic E-state index is -0.238. The van der Waals surface area contributed by atoms with Crippen molar-refractivity contribution >= 4 is 11.4 Å². The Bertz CT molecular complexity index is 596. The second-order valence-corrected chi connectivity index (χ2v) is 6.05. The predicted octanol–water partition coefficient (Wildman–Crippen LogP) is 3.02. The van der Waals surface area contributed by atoms with Crippen LogP contribution in [-0.4, -0.2) is 16.7 Å². The summed E-state index contributed by atoms with van der Waals surface area (Å²) in [5, 5.41) is 4.04. The molecule has 0 aliphatic rings. The Balaban J connectivity index is 2.36. The number of anilines is 2. The molecule has 0 aliphatic heterocycles. The minimum Gasteiger partial charge on any atom is -0.399 e. The number of nitrogen functional groups attached to an aromatic ring is 2. The van der Waals surface area contributed by atoms with E-state index in [1.807, 2.05) is 6.92 Å². The first-order valence-electron chi connectivity index (χ1n) is 6.93. The second-order valence-electron chi connectivity index (χ2n) is 6.05. The highest BCUT2D eigenvalue weighted by atomic mass is 16.5. The summed E-state index contributed by atoms with van der Waals surface area (Å²) in [5.74, 6) is 0.915. The van der Waals surface area contributed by atoms with Gasteiger partial charge in [0.05, 0.1) is 0 Å². The molecule has 0 radical (unpaired) electrons. The molecule has 2 aromatic rings. The van der Waals surface area contributed by atoms with E-state index in [9.17, 15) is 0 Å². The van der Waals surface area contributed by atoms with Gasteiger partial charge in [-0.1, -0.05) is 25.9 Å². The Labute approximate surface area is 124 Å². The quantitative estimate of drug-likeness (QED) is 0.839. The molecule has 0 bridgehead atoms. The molecule has 1 heterocycles. The smallest absolute Gasteiger partial charge is 0.258 e. The zero-order valence-electron chi connectivity index (χ0n) is 12.9. The van der Waals surface area contributed by atoms with Crippen molar-refractivity contribution in [3.63, 3.8) is 0 Å². The lowest BCUT2D eigenvalue weighted by molar-refractivity contribution is -0.0203. The minimum absolute atomic E-state index is 0.133. The molecule has 0 fully saturated rings. The lowest BCUT2D eigenvalue weighted by atomic mass is 9.88. The molecule has 114 valence electrons. The first-order valence-corrected chi connectivity index (χ1v) is 6.93. The normalized spacial score (nSPS) is 13.3. The van der Waals surface area contributed by atoms with Crippen molar-refractivity contribution in [1.29, 1.82) is 0 Å². The molecule has 0 saturated carbocycles. The topological polar surface area (TPSA) is 100 Å². The van der Waals surface area contributed by atoms with Crippen LogP contribution in [0.15, 0.2) is 22.7 Å². The fourth-order valence-electron chi connectivity index (χ4n) is 2.14. The van der Waals surface area contributed by atoms with E-state index >= 15 is 0 Å². The van der Waals surface area contributed by atoms with Gasteiger partial charge in [-0.25, -0.2) is 0 Å². The van der Waals surface area contributed by atoms with Crippen LogP contribution in [0.5, 0.6) is 0 Å². The van der Waals surface area contributed by atoms with Crippen molar-refractivity contribution in [2.45, 2.75) is 33.8 Å². The van der Waals surface area contributed by atoms with Crippen LogP contribution in [0.1, 0.15) is 39.6 Å². The zero-order chi connectivity index (χ0) is 15.6. The van der Waals surface area contributed by atoms with Crippen molar-refractivity contribution in [3.8, 4) is 11.5 Å². The molecule has 1 unspecified atom stereocenters. The Hall–Kier alpha value is -2.08. The van der Waals surface area contributed by atoms with Crippen molar-refractivity contribution in [2.75, 3.05) is 18.1 Å². The van der Waals surface area contributed by atoms with Crippen molar-refractivity contribution in [2.24, 2.45) is 5.41 Å². The van der Waals surface area contributed by atoms with Crippen LogP contribution in [-0.2, 0) is 4.74 Å². The van der Waals surface area contributed by atoms with E-state index in [2.05, 4.69) is 30.9 Å². The van der Waals surface area contributed by atoms with E-state index in [1.54, 1.807) is 18.2 Å². The highest BCUT2D eigenvalue weighted by Crippen LogP contribution is 2.35. The molecular weight excluding hydrogens is 268 g/mol. The van der Waals surface area contributed by atoms with Crippen LogP contribution >= 0.6 is 0 Å². The van der Waals surface area contributed by atoms with Crippen LogP contribution in [0.25, 0.3) is 11.5 Å². The average Bonchev–Trinajstić information content (AvgIpc) is 2.82. The van der Waals surface area contributed by atoms with Crippen molar-refractivity contribution < 1.29 is 9.26 Å². The molecule has 6 nitrogen and oxygen atoms in total. The number of benzene rings is 1.